The van der Waals surface area contributed by atoms with E-state index in [4.69, 9.17) is 0 Å². The van der Waals surface area contributed by atoms with E-state index in [9.17, 15) is 71.0 Å². The summed E-state index contributed by atoms with van der Waals surface area (Å²) in [5, 5.41) is 9.41. The van der Waals surface area contributed by atoms with Crippen LogP contribution in [0.4, 0.5) is 65.9 Å². The minimum atomic E-state index is -6.37. The lowest BCUT2D eigenvalue weighted by molar-refractivity contribution is -0.396. The van der Waals surface area contributed by atoms with E-state index in [2.05, 4.69) is 0 Å². The molecule has 1 rings (SSSR count). The second-order valence-electron chi connectivity index (χ2n) is 8.87. The SMILES string of the molecule is CCC(C)(CC(C1CCC(C(O)(C(F)(F)F)C(F)(F)F)CC1)(C(F)(F)F)C(F)(F)F)C(F)(F)F. The zero-order valence-corrected chi connectivity index (χ0v) is 17.5. The highest BCUT2D eigenvalue weighted by Crippen LogP contribution is 2.66. The molecule has 1 unspecified atom stereocenters. The Kier molecular flexibility index (Phi) is 7.99. The van der Waals surface area contributed by atoms with Gasteiger partial charge >= 0.3 is 30.9 Å². The van der Waals surface area contributed by atoms with Crippen molar-refractivity contribution in [1.82, 2.24) is 0 Å². The van der Waals surface area contributed by atoms with Crippen LogP contribution < -0.4 is 0 Å². The van der Waals surface area contributed by atoms with Crippen molar-refractivity contribution >= 4 is 0 Å². The van der Waals surface area contributed by atoms with Crippen molar-refractivity contribution in [3.63, 3.8) is 0 Å². The molecule has 16 heteroatoms. The first-order valence-corrected chi connectivity index (χ1v) is 9.79. The fraction of sp³-hybridized carbons (Fsp3) is 1.00. The van der Waals surface area contributed by atoms with E-state index in [0.29, 0.717) is 6.92 Å². The van der Waals surface area contributed by atoms with Gasteiger partial charge in [-0.1, -0.05) is 13.8 Å². The molecule has 0 radical (unpaired) electrons. The number of hydrogen-bond acceptors (Lipinski definition) is 1. The van der Waals surface area contributed by atoms with E-state index < -0.39 is 97.7 Å². The molecule has 0 aliphatic heterocycles. The molecule has 0 aromatic heterocycles. The molecule has 1 aliphatic rings. The Morgan fingerprint density at radius 2 is 0.882 bits per heavy atom. The molecule has 0 aromatic rings. The van der Waals surface area contributed by atoms with Crippen molar-refractivity contribution < 1.29 is 71.0 Å². The molecule has 1 nitrogen and oxygen atoms in total. The topological polar surface area (TPSA) is 20.2 Å². The second-order valence-corrected chi connectivity index (χ2v) is 8.87. The highest BCUT2D eigenvalue weighted by atomic mass is 19.4. The maximum absolute atomic E-state index is 13.9. The van der Waals surface area contributed by atoms with Gasteiger partial charge in [0.1, 0.15) is 0 Å². The summed E-state index contributed by atoms with van der Waals surface area (Å²) in [5.74, 6) is -5.65. The Labute approximate surface area is 183 Å². The summed E-state index contributed by atoms with van der Waals surface area (Å²) in [6.45, 7) is 0.839. The third-order valence-corrected chi connectivity index (χ3v) is 7.02. The first kappa shape index (κ1) is 30.9. The molecule has 1 aliphatic carbocycles. The van der Waals surface area contributed by atoms with Gasteiger partial charge < -0.3 is 5.11 Å². The molecule has 0 heterocycles. The Morgan fingerprint density at radius 3 is 1.12 bits per heavy atom. The Balaban J connectivity index is 3.56. The van der Waals surface area contributed by atoms with Crippen LogP contribution in [0, 0.1) is 22.7 Å². The van der Waals surface area contributed by atoms with Crippen LogP contribution in [0.25, 0.3) is 0 Å². The summed E-state index contributed by atoms with van der Waals surface area (Å²) in [4.78, 5) is 0. The van der Waals surface area contributed by atoms with Crippen molar-refractivity contribution in [2.24, 2.45) is 22.7 Å². The highest BCUT2D eigenvalue weighted by molar-refractivity contribution is 5.07. The lowest BCUT2D eigenvalue weighted by Gasteiger charge is -2.51. The average Bonchev–Trinajstić information content (AvgIpc) is 2.60. The molecule has 204 valence electrons. The fourth-order valence-electron chi connectivity index (χ4n) is 4.64. The number of aliphatic hydroxyl groups is 1. The predicted octanol–water partition coefficient (Wildman–Crippen LogP) is 8.13. The van der Waals surface area contributed by atoms with Crippen LogP contribution in [0.3, 0.4) is 0 Å². The summed E-state index contributed by atoms with van der Waals surface area (Å²) in [7, 11) is 0. The average molecular weight is 538 g/mol. The van der Waals surface area contributed by atoms with Gasteiger partial charge in [0.15, 0.2) is 5.41 Å². The zero-order valence-electron chi connectivity index (χ0n) is 17.5. The van der Waals surface area contributed by atoms with Gasteiger partial charge in [-0.05, 0) is 44.4 Å². The van der Waals surface area contributed by atoms with Gasteiger partial charge in [-0.2, -0.15) is 65.9 Å². The van der Waals surface area contributed by atoms with Gasteiger partial charge in [0.05, 0.1) is 5.41 Å². The van der Waals surface area contributed by atoms with E-state index in [1.807, 2.05) is 0 Å². The molecular formula is C18H21F15O. The van der Waals surface area contributed by atoms with Gasteiger partial charge in [0.25, 0.3) is 5.60 Å². The van der Waals surface area contributed by atoms with E-state index in [-0.39, 0.29) is 6.92 Å². The van der Waals surface area contributed by atoms with E-state index in [1.54, 1.807) is 0 Å². The lowest BCUT2D eigenvalue weighted by Crippen LogP contribution is -2.63. The van der Waals surface area contributed by atoms with Crippen LogP contribution >= 0.6 is 0 Å². The standard InChI is InChI=1S/C18H21F15O/c1-3-11(2,14(19,20)21)8-12(15(22,23)24,16(25,26)27)9-4-6-10(7-5-9)13(34,17(28,29)30)18(31,32)33/h9-10,34H,3-8H2,1-2H3. The van der Waals surface area contributed by atoms with Crippen molar-refractivity contribution in [3.8, 4) is 0 Å². The second kappa shape index (κ2) is 8.79. The molecule has 0 saturated heterocycles. The summed E-state index contributed by atoms with van der Waals surface area (Å²) in [6, 6.07) is 0. The first-order chi connectivity index (χ1) is 14.7. The van der Waals surface area contributed by atoms with E-state index in [0.717, 1.165) is 0 Å². The molecule has 0 aromatic carbocycles. The summed E-state index contributed by atoms with van der Waals surface area (Å²) in [6.07, 6.45) is -41.0. The molecule has 0 bridgehead atoms. The smallest absolute Gasteiger partial charge is 0.373 e. The number of alkyl halides is 15. The molecule has 1 atom stereocenters. The monoisotopic (exact) mass is 538 g/mol. The first-order valence-electron chi connectivity index (χ1n) is 9.79. The summed E-state index contributed by atoms with van der Waals surface area (Å²) < 4.78 is 202. The van der Waals surface area contributed by atoms with E-state index >= 15 is 0 Å². The zero-order chi connectivity index (χ0) is 27.4. The Hall–Kier alpha value is -1.09. The van der Waals surface area contributed by atoms with Gasteiger partial charge in [0, 0.05) is 5.92 Å². The minimum Gasteiger partial charge on any atom is -0.373 e. The van der Waals surface area contributed by atoms with Gasteiger partial charge in [-0.15, -0.1) is 0 Å². The van der Waals surface area contributed by atoms with Gasteiger partial charge in [0.2, 0.25) is 0 Å². The molecule has 0 spiro atoms. The minimum absolute atomic E-state index is 0.136. The van der Waals surface area contributed by atoms with Crippen LogP contribution in [0.15, 0.2) is 0 Å². The van der Waals surface area contributed by atoms with Crippen LogP contribution in [0.5, 0.6) is 0 Å². The molecule has 1 N–H and O–H groups in total. The summed E-state index contributed by atoms with van der Waals surface area (Å²) in [5.41, 5.74) is -14.0. The molecular weight excluding hydrogens is 517 g/mol. The fourth-order valence-corrected chi connectivity index (χ4v) is 4.64. The normalized spacial score (nSPS) is 24.2. The molecule has 0 amide bonds. The highest BCUT2D eigenvalue weighted by Gasteiger charge is 2.78. The Bertz CT molecular complexity index is 661. The largest absolute Gasteiger partial charge is 0.426 e. The number of hydrogen-bond donors (Lipinski definition) is 1. The Morgan fingerprint density at radius 1 is 0.559 bits per heavy atom. The van der Waals surface area contributed by atoms with Crippen LogP contribution in [0.2, 0.25) is 0 Å². The molecule has 1 saturated carbocycles. The van der Waals surface area contributed by atoms with Crippen LogP contribution in [0.1, 0.15) is 52.4 Å². The van der Waals surface area contributed by atoms with Crippen molar-refractivity contribution in [1.29, 1.82) is 0 Å². The maximum Gasteiger partial charge on any atom is 0.426 e. The predicted molar refractivity (Wildman–Crippen MR) is 86.1 cm³/mol. The van der Waals surface area contributed by atoms with Crippen molar-refractivity contribution in [2.45, 2.75) is 88.9 Å². The number of halogens is 15. The van der Waals surface area contributed by atoms with Crippen LogP contribution in [-0.2, 0) is 0 Å². The van der Waals surface area contributed by atoms with Crippen molar-refractivity contribution in [2.75, 3.05) is 0 Å². The van der Waals surface area contributed by atoms with Gasteiger partial charge in [-0.25, -0.2) is 0 Å². The summed E-state index contributed by atoms with van der Waals surface area (Å²) >= 11 is 0. The van der Waals surface area contributed by atoms with Crippen molar-refractivity contribution in [3.05, 3.63) is 0 Å². The number of rotatable bonds is 5. The molecule has 1 fully saturated rings. The van der Waals surface area contributed by atoms with Gasteiger partial charge in [-0.3, -0.25) is 0 Å². The van der Waals surface area contributed by atoms with E-state index in [1.165, 1.54) is 0 Å². The third-order valence-electron chi connectivity index (χ3n) is 7.02. The third kappa shape index (κ3) is 4.93. The lowest BCUT2D eigenvalue weighted by atomic mass is 9.58. The molecule has 34 heavy (non-hydrogen) atoms. The maximum atomic E-state index is 13.9. The quantitative estimate of drug-likeness (QED) is 0.351. The van der Waals surface area contributed by atoms with Crippen LogP contribution in [-0.4, -0.2) is 41.6 Å².